The molecule has 0 spiro atoms. The van der Waals surface area contributed by atoms with Gasteiger partial charge in [0.15, 0.2) is 0 Å². The second-order valence-electron chi connectivity index (χ2n) is 5.26. The van der Waals surface area contributed by atoms with Crippen LogP contribution in [0, 0.1) is 15.5 Å². The van der Waals surface area contributed by atoms with E-state index < -0.39 is 5.09 Å². The first kappa shape index (κ1) is 16.5. The van der Waals surface area contributed by atoms with Crippen molar-refractivity contribution < 1.29 is 14.7 Å². The summed E-state index contributed by atoms with van der Waals surface area (Å²) in [5.74, 6) is 0. The van der Waals surface area contributed by atoms with Crippen molar-refractivity contribution in [2.75, 3.05) is 19.7 Å². The fourth-order valence-electron chi connectivity index (χ4n) is 1.30. The van der Waals surface area contributed by atoms with Gasteiger partial charge in [-0.1, -0.05) is 20.8 Å². The number of nitrogens with zero attached hydrogens (tertiary/aromatic N) is 1. The SMILES string of the molecule is CC(C)(C)CCCNC(=O)NCCCO[N+](=O)[O-]. The number of amides is 2. The molecule has 7 nitrogen and oxygen atoms in total. The van der Waals surface area contributed by atoms with Gasteiger partial charge in [0, 0.05) is 13.1 Å². The zero-order valence-electron chi connectivity index (χ0n) is 11.3. The summed E-state index contributed by atoms with van der Waals surface area (Å²) in [6.07, 6.45) is 2.39. The van der Waals surface area contributed by atoms with Crippen molar-refractivity contribution in [3.05, 3.63) is 10.1 Å². The third kappa shape index (κ3) is 12.5. The number of hydrogen-bond donors (Lipinski definition) is 2. The van der Waals surface area contributed by atoms with E-state index >= 15 is 0 Å². The molecular formula is C11H23N3O4. The highest BCUT2D eigenvalue weighted by molar-refractivity contribution is 5.73. The van der Waals surface area contributed by atoms with Crippen LogP contribution in [0.15, 0.2) is 0 Å². The van der Waals surface area contributed by atoms with E-state index in [0.29, 0.717) is 19.5 Å². The van der Waals surface area contributed by atoms with Crippen molar-refractivity contribution in [1.82, 2.24) is 10.6 Å². The summed E-state index contributed by atoms with van der Waals surface area (Å²) in [7, 11) is 0. The Morgan fingerprint density at radius 3 is 2.28 bits per heavy atom. The number of carbonyl (C=O) groups excluding carboxylic acids is 1. The number of rotatable bonds is 8. The van der Waals surface area contributed by atoms with Crippen LogP contribution in [0.25, 0.3) is 0 Å². The smallest absolute Gasteiger partial charge is 0.314 e. The van der Waals surface area contributed by atoms with Crippen molar-refractivity contribution in [3.63, 3.8) is 0 Å². The van der Waals surface area contributed by atoms with Gasteiger partial charge in [-0.25, -0.2) is 4.79 Å². The predicted octanol–water partition coefficient (Wildman–Crippen LogP) is 1.71. The van der Waals surface area contributed by atoms with Gasteiger partial charge in [-0.3, -0.25) is 0 Å². The fraction of sp³-hybridized carbons (Fsp3) is 0.909. The Bertz CT molecular complexity index is 264. The van der Waals surface area contributed by atoms with Crippen molar-refractivity contribution in [2.45, 2.75) is 40.0 Å². The molecule has 0 fully saturated rings. The zero-order chi connectivity index (χ0) is 14.0. The lowest BCUT2D eigenvalue weighted by molar-refractivity contribution is -0.757. The summed E-state index contributed by atoms with van der Waals surface area (Å²) in [6.45, 7) is 7.46. The van der Waals surface area contributed by atoms with Crippen molar-refractivity contribution in [3.8, 4) is 0 Å². The monoisotopic (exact) mass is 261 g/mol. The molecule has 0 aliphatic carbocycles. The van der Waals surface area contributed by atoms with Gasteiger partial charge in [0.25, 0.3) is 5.09 Å². The van der Waals surface area contributed by atoms with Gasteiger partial charge in [-0.2, -0.15) is 0 Å². The highest BCUT2D eigenvalue weighted by atomic mass is 16.9. The van der Waals surface area contributed by atoms with Gasteiger partial charge in [0.2, 0.25) is 0 Å². The zero-order valence-corrected chi connectivity index (χ0v) is 11.3. The second kappa shape index (κ2) is 8.54. The summed E-state index contributed by atoms with van der Waals surface area (Å²) in [4.78, 5) is 25.2. The Morgan fingerprint density at radius 1 is 1.22 bits per heavy atom. The van der Waals surface area contributed by atoms with Gasteiger partial charge in [0.1, 0.15) is 0 Å². The van der Waals surface area contributed by atoms with Crippen molar-refractivity contribution in [1.29, 1.82) is 0 Å². The molecule has 2 N–H and O–H groups in total. The Hall–Kier alpha value is -1.53. The standard InChI is InChI=1S/C11H23N3O4/c1-11(2,3)6-4-7-12-10(15)13-8-5-9-18-14(16)17/h4-9H2,1-3H3,(H2,12,13,15). The lowest BCUT2D eigenvalue weighted by atomic mass is 9.91. The molecule has 0 saturated carbocycles. The minimum atomic E-state index is -0.841. The van der Waals surface area contributed by atoms with Crippen LogP contribution >= 0.6 is 0 Å². The highest BCUT2D eigenvalue weighted by Crippen LogP contribution is 2.19. The fourth-order valence-corrected chi connectivity index (χ4v) is 1.30. The predicted molar refractivity (Wildman–Crippen MR) is 67.7 cm³/mol. The molecular weight excluding hydrogens is 238 g/mol. The van der Waals surface area contributed by atoms with Crippen LogP contribution in [0.5, 0.6) is 0 Å². The molecule has 106 valence electrons. The van der Waals surface area contributed by atoms with Crippen LogP contribution in [0.3, 0.4) is 0 Å². The molecule has 18 heavy (non-hydrogen) atoms. The first-order chi connectivity index (χ1) is 8.31. The summed E-state index contributed by atoms with van der Waals surface area (Å²) >= 11 is 0. The van der Waals surface area contributed by atoms with Gasteiger partial charge in [0.05, 0.1) is 6.61 Å². The average molecular weight is 261 g/mol. The minimum absolute atomic E-state index is 0.00267. The quantitative estimate of drug-likeness (QED) is 0.395. The molecule has 0 aliphatic rings. The molecule has 0 aromatic rings. The molecule has 7 heteroatoms. The molecule has 0 unspecified atom stereocenters. The molecule has 0 rings (SSSR count). The molecule has 0 aromatic carbocycles. The maximum absolute atomic E-state index is 11.3. The lowest BCUT2D eigenvalue weighted by Gasteiger charge is -2.17. The number of urea groups is 1. The van der Waals surface area contributed by atoms with E-state index in [1.807, 2.05) is 0 Å². The molecule has 0 saturated heterocycles. The molecule has 2 amide bonds. The average Bonchev–Trinajstić information content (AvgIpc) is 2.22. The lowest BCUT2D eigenvalue weighted by Crippen LogP contribution is -2.37. The Kier molecular flexibility index (Phi) is 7.82. The van der Waals surface area contributed by atoms with Gasteiger partial charge in [-0.05, 0) is 24.7 Å². The third-order valence-corrected chi connectivity index (χ3v) is 2.19. The summed E-state index contributed by atoms with van der Waals surface area (Å²) in [5, 5.41) is 14.3. The molecule has 0 heterocycles. The molecule has 0 bridgehead atoms. The van der Waals surface area contributed by atoms with Crippen molar-refractivity contribution >= 4 is 6.03 Å². The summed E-state index contributed by atoms with van der Waals surface area (Å²) < 4.78 is 0. The highest BCUT2D eigenvalue weighted by Gasteiger charge is 2.09. The minimum Gasteiger partial charge on any atom is -0.338 e. The van der Waals surface area contributed by atoms with Crippen LogP contribution < -0.4 is 10.6 Å². The number of nitrogens with one attached hydrogen (secondary N) is 2. The number of hydrogen-bond acceptors (Lipinski definition) is 4. The Labute approximate surface area is 107 Å². The first-order valence-electron chi connectivity index (χ1n) is 6.10. The summed E-state index contributed by atoms with van der Waals surface area (Å²) in [5.41, 5.74) is 0.276. The topological polar surface area (TPSA) is 93.5 Å². The summed E-state index contributed by atoms with van der Waals surface area (Å²) in [6, 6.07) is -0.245. The maximum atomic E-state index is 11.3. The van der Waals surface area contributed by atoms with Crippen molar-refractivity contribution in [2.24, 2.45) is 5.41 Å². The largest absolute Gasteiger partial charge is 0.338 e. The molecule has 0 aromatic heterocycles. The van der Waals surface area contributed by atoms with E-state index in [4.69, 9.17) is 0 Å². The van der Waals surface area contributed by atoms with E-state index in [2.05, 4.69) is 36.2 Å². The van der Waals surface area contributed by atoms with Crippen LogP contribution in [0.4, 0.5) is 4.79 Å². The number of carbonyl (C=O) groups is 1. The third-order valence-electron chi connectivity index (χ3n) is 2.19. The van der Waals surface area contributed by atoms with E-state index in [0.717, 1.165) is 12.8 Å². The normalized spacial score (nSPS) is 10.8. The molecule has 0 radical (unpaired) electrons. The van der Waals surface area contributed by atoms with E-state index in [9.17, 15) is 14.9 Å². The maximum Gasteiger partial charge on any atom is 0.314 e. The first-order valence-corrected chi connectivity index (χ1v) is 6.10. The van der Waals surface area contributed by atoms with E-state index in [1.165, 1.54) is 0 Å². The van der Waals surface area contributed by atoms with Crippen LogP contribution in [-0.4, -0.2) is 30.8 Å². The van der Waals surface area contributed by atoms with Crippen LogP contribution in [-0.2, 0) is 4.84 Å². The molecule has 0 atom stereocenters. The Balaban J connectivity index is 3.35. The van der Waals surface area contributed by atoms with E-state index in [-0.39, 0.29) is 18.1 Å². The molecule has 0 aliphatic heterocycles. The van der Waals surface area contributed by atoms with Gasteiger partial charge < -0.3 is 15.5 Å². The van der Waals surface area contributed by atoms with Gasteiger partial charge in [-0.15, -0.1) is 10.1 Å². The van der Waals surface area contributed by atoms with Gasteiger partial charge >= 0.3 is 6.03 Å². The Morgan fingerprint density at radius 2 is 1.78 bits per heavy atom. The second-order valence-corrected chi connectivity index (χ2v) is 5.26. The van der Waals surface area contributed by atoms with Crippen LogP contribution in [0.2, 0.25) is 0 Å². The van der Waals surface area contributed by atoms with Crippen LogP contribution in [0.1, 0.15) is 40.0 Å². The van der Waals surface area contributed by atoms with E-state index in [1.54, 1.807) is 0 Å².